The van der Waals surface area contributed by atoms with Crippen molar-refractivity contribution in [3.8, 4) is 0 Å². The van der Waals surface area contributed by atoms with Crippen LogP contribution in [0.3, 0.4) is 0 Å². The lowest BCUT2D eigenvalue weighted by molar-refractivity contribution is 0.200. The maximum atomic E-state index is 5.18. The number of hydrogen-bond acceptors (Lipinski definition) is 6. The molecule has 0 saturated carbocycles. The average Bonchev–Trinajstić information content (AvgIpc) is 2.53. The molecule has 0 aliphatic carbocycles. The molecule has 116 valence electrons. The fourth-order valence-electron chi connectivity index (χ4n) is 2.80. The lowest BCUT2D eigenvalue weighted by Gasteiger charge is -2.35. The number of likely N-dealkylation sites (N-methyl/N-ethyl adjacent to an activating group) is 1. The molecule has 3 heterocycles. The van der Waals surface area contributed by atoms with Gasteiger partial charge in [0.25, 0.3) is 0 Å². The summed E-state index contributed by atoms with van der Waals surface area (Å²) in [4.78, 5) is 15.8. The summed E-state index contributed by atoms with van der Waals surface area (Å²) in [5, 5.41) is 0. The van der Waals surface area contributed by atoms with Gasteiger partial charge < -0.3 is 14.5 Å². The van der Waals surface area contributed by atoms with E-state index >= 15 is 0 Å². The first-order valence-electron chi connectivity index (χ1n) is 7.73. The molecule has 6 heteroatoms. The topological polar surface area (TPSA) is 41.5 Å². The quantitative estimate of drug-likeness (QED) is 0.839. The van der Waals surface area contributed by atoms with E-state index in [1.807, 2.05) is 11.8 Å². The Morgan fingerprint density at radius 2 is 2.00 bits per heavy atom. The molecule has 0 atom stereocenters. The van der Waals surface area contributed by atoms with Crippen LogP contribution in [0.1, 0.15) is 17.9 Å². The highest BCUT2D eigenvalue weighted by Gasteiger charge is 2.24. The lowest BCUT2D eigenvalue weighted by Crippen LogP contribution is -2.45. The van der Waals surface area contributed by atoms with Crippen molar-refractivity contribution < 1.29 is 4.74 Å². The minimum absolute atomic E-state index is 0.689. The molecule has 0 aromatic carbocycles. The number of aryl methyl sites for hydroxylation is 1. The Kier molecular flexibility index (Phi) is 4.98. The van der Waals surface area contributed by atoms with E-state index in [0.29, 0.717) is 6.61 Å². The Morgan fingerprint density at radius 3 is 2.76 bits per heavy atom. The first-order chi connectivity index (χ1) is 10.3. The first-order valence-corrected chi connectivity index (χ1v) is 8.71. The molecule has 0 amide bonds. The van der Waals surface area contributed by atoms with Crippen LogP contribution in [0.25, 0.3) is 0 Å². The van der Waals surface area contributed by atoms with E-state index in [2.05, 4.69) is 16.8 Å². The molecule has 0 unspecified atom stereocenters. The number of hydrogen-bond donors (Lipinski definition) is 0. The minimum atomic E-state index is 0.689. The SMILES string of the molecule is COCCc1nc2c(c(N3CCN(C)CC3)n1)SCCC2. The van der Waals surface area contributed by atoms with Crippen LogP contribution in [0, 0.1) is 0 Å². The van der Waals surface area contributed by atoms with Gasteiger partial charge in [-0.3, -0.25) is 0 Å². The molecule has 1 aromatic heterocycles. The van der Waals surface area contributed by atoms with Gasteiger partial charge in [-0.15, -0.1) is 11.8 Å². The summed E-state index contributed by atoms with van der Waals surface area (Å²) < 4.78 is 5.18. The van der Waals surface area contributed by atoms with Gasteiger partial charge >= 0.3 is 0 Å². The summed E-state index contributed by atoms with van der Waals surface area (Å²) in [6, 6.07) is 0. The molecule has 5 nitrogen and oxygen atoms in total. The second-order valence-electron chi connectivity index (χ2n) is 5.72. The van der Waals surface area contributed by atoms with Crippen LogP contribution < -0.4 is 4.90 Å². The van der Waals surface area contributed by atoms with Crippen LogP contribution >= 0.6 is 11.8 Å². The average molecular weight is 308 g/mol. The zero-order valence-corrected chi connectivity index (χ0v) is 13.8. The van der Waals surface area contributed by atoms with Gasteiger partial charge in [0.15, 0.2) is 0 Å². The van der Waals surface area contributed by atoms with Crippen molar-refractivity contribution in [3.63, 3.8) is 0 Å². The number of fused-ring (bicyclic) bond motifs is 1. The second kappa shape index (κ2) is 6.94. The number of thioether (sulfide) groups is 1. The largest absolute Gasteiger partial charge is 0.384 e. The number of ether oxygens (including phenoxy) is 1. The highest BCUT2D eigenvalue weighted by molar-refractivity contribution is 7.99. The third kappa shape index (κ3) is 3.49. The number of nitrogens with zero attached hydrogens (tertiary/aromatic N) is 4. The van der Waals surface area contributed by atoms with Crippen LogP contribution in [0.5, 0.6) is 0 Å². The first kappa shape index (κ1) is 15.1. The number of anilines is 1. The predicted octanol–water partition coefficient (Wildman–Crippen LogP) is 1.46. The molecule has 0 bridgehead atoms. The molecule has 2 aliphatic rings. The molecule has 0 N–H and O–H groups in total. The molecule has 2 aliphatic heterocycles. The third-order valence-electron chi connectivity index (χ3n) is 4.10. The van der Waals surface area contributed by atoms with Gasteiger partial charge in [-0.2, -0.15) is 0 Å². The van der Waals surface area contributed by atoms with Gasteiger partial charge in [0.05, 0.1) is 17.2 Å². The summed E-state index contributed by atoms with van der Waals surface area (Å²) in [5.41, 5.74) is 1.25. The Morgan fingerprint density at radius 1 is 1.19 bits per heavy atom. The van der Waals surface area contributed by atoms with Crippen LogP contribution in [-0.4, -0.2) is 67.6 Å². The van der Waals surface area contributed by atoms with Crippen LogP contribution in [0.15, 0.2) is 4.90 Å². The van der Waals surface area contributed by atoms with Crippen molar-refractivity contribution in [2.45, 2.75) is 24.2 Å². The molecular weight excluding hydrogens is 284 g/mol. The van der Waals surface area contributed by atoms with Crippen LogP contribution in [0.2, 0.25) is 0 Å². The molecule has 1 saturated heterocycles. The molecule has 1 aromatic rings. The van der Waals surface area contributed by atoms with Gasteiger partial charge in [0.2, 0.25) is 0 Å². The second-order valence-corrected chi connectivity index (χ2v) is 6.83. The Bertz CT molecular complexity index is 489. The van der Waals surface area contributed by atoms with Gasteiger partial charge in [0, 0.05) is 39.7 Å². The molecule has 1 fully saturated rings. The lowest BCUT2D eigenvalue weighted by atomic mass is 10.2. The summed E-state index contributed by atoms with van der Waals surface area (Å²) >= 11 is 1.93. The number of aromatic nitrogens is 2. The van der Waals surface area contributed by atoms with E-state index in [1.54, 1.807) is 7.11 Å². The predicted molar refractivity (Wildman–Crippen MR) is 86.4 cm³/mol. The van der Waals surface area contributed by atoms with E-state index < -0.39 is 0 Å². The van der Waals surface area contributed by atoms with Gasteiger partial charge in [-0.25, -0.2) is 9.97 Å². The van der Waals surface area contributed by atoms with Gasteiger partial charge in [-0.05, 0) is 25.6 Å². The van der Waals surface area contributed by atoms with Gasteiger partial charge in [-0.1, -0.05) is 0 Å². The fourth-order valence-corrected chi connectivity index (χ4v) is 3.91. The Labute approximate surface area is 131 Å². The Hall–Kier alpha value is -0.850. The highest BCUT2D eigenvalue weighted by atomic mass is 32.2. The van der Waals surface area contributed by atoms with Crippen LogP contribution in [-0.2, 0) is 17.6 Å². The van der Waals surface area contributed by atoms with E-state index in [4.69, 9.17) is 14.7 Å². The molecular formula is C15H24N4OS. The zero-order chi connectivity index (χ0) is 14.7. The van der Waals surface area contributed by atoms with Crippen molar-refractivity contribution in [3.05, 3.63) is 11.5 Å². The minimum Gasteiger partial charge on any atom is -0.384 e. The molecule has 0 spiro atoms. The summed E-state index contributed by atoms with van der Waals surface area (Å²) in [5.74, 6) is 3.30. The smallest absolute Gasteiger partial charge is 0.146 e. The van der Waals surface area contributed by atoms with Crippen LogP contribution in [0.4, 0.5) is 5.82 Å². The summed E-state index contributed by atoms with van der Waals surface area (Å²) in [6.07, 6.45) is 3.11. The van der Waals surface area contributed by atoms with Crippen molar-refractivity contribution in [1.29, 1.82) is 0 Å². The van der Waals surface area contributed by atoms with Crippen molar-refractivity contribution in [1.82, 2.24) is 14.9 Å². The Balaban J connectivity index is 1.88. The molecule has 3 rings (SSSR count). The number of methoxy groups -OCH3 is 1. The molecule has 21 heavy (non-hydrogen) atoms. The number of rotatable bonds is 4. The molecule has 0 radical (unpaired) electrons. The van der Waals surface area contributed by atoms with E-state index in [1.165, 1.54) is 28.6 Å². The van der Waals surface area contributed by atoms with Gasteiger partial charge in [0.1, 0.15) is 11.6 Å². The van der Waals surface area contributed by atoms with E-state index in [9.17, 15) is 0 Å². The van der Waals surface area contributed by atoms with Crippen molar-refractivity contribution in [2.75, 3.05) is 57.6 Å². The maximum Gasteiger partial charge on any atom is 0.146 e. The fraction of sp³-hybridized carbons (Fsp3) is 0.733. The van der Waals surface area contributed by atoms with E-state index in [0.717, 1.165) is 44.8 Å². The normalized spacial score (nSPS) is 19.6. The maximum absolute atomic E-state index is 5.18. The number of piperazine rings is 1. The summed E-state index contributed by atoms with van der Waals surface area (Å²) in [6.45, 7) is 5.02. The zero-order valence-electron chi connectivity index (χ0n) is 13.0. The van der Waals surface area contributed by atoms with E-state index in [-0.39, 0.29) is 0 Å². The monoisotopic (exact) mass is 308 g/mol. The van der Waals surface area contributed by atoms with Crippen molar-refractivity contribution >= 4 is 17.6 Å². The standard InChI is InChI=1S/C15H24N4OS/c1-18-6-8-19(9-7-18)15-14-12(4-3-11-21-14)16-13(17-15)5-10-20-2/h3-11H2,1-2H3. The third-order valence-corrected chi connectivity index (χ3v) is 5.30. The summed E-state index contributed by atoms with van der Waals surface area (Å²) in [7, 11) is 3.92. The van der Waals surface area contributed by atoms with Crippen molar-refractivity contribution in [2.24, 2.45) is 0 Å². The highest BCUT2D eigenvalue weighted by Crippen LogP contribution is 2.36.